The Kier molecular flexibility index (Phi) is 6.52. The maximum absolute atomic E-state index is 14.8. The minimum atomic E-state index is -1.78. The van der Waals surface area contributed by atoms with Gasteiger partial charge in [0.2, 0.25) is 0 Å². The molecule has 3 aromatic heterocycles. The SMILES string of the molecule is CCOCn1nncc1-c1ccc([C@H](C)[C@](O)(Cn2cncn2)c2ccc(F)cc2F)nc1. The van der Waals surface area contributed by atoms with Crippen LogP contribution in [0, 0.1) is 11.6 Å². The summed E-state index contributed by atoms with van der Waals surface area (Å²) in [5, 5.41) is 23.7. The van der Waals surface area contributed by atoms with Crippen molar-refractivity contribution in [2.75, 3.05) is 6.61 Å². The van der Waals surface area contributed by atoms with Crippen LogP contribution in [-0.4, -0.2) is 46.5 Å². The molecule has 33 heavy (non-hydrogen) atoms. The number of aliphatic hydroxyl groups is 1. The van der Waals surface area contributed by atoms with Crippen LogP contribution in [0.4, 0.5) is 8.78 Å². The molecule has 2 atom stereocenters. The quantitative estimate of drug-likeness (QED) is 0.414. The molecule has 0 bridgehead atoms. The number of ether oxygens (including phenoxy) is 1. The molecule has 0 saturated carbocycles. The summed E-state index contributed by atoms with van der Waals surface area (Å²) in [5.41, 5.74) is 0.143. The van der Waals surface area contributed by atoms with Crippen LogP contribution in [0.1, 0.15) is 31.0 Å². The second-order valence-corrected chi connectivity index (χ2v) is 7.58. The van der Waals surface area contributed by atoms with E-state index in [1.807, 2.05) is 13.0 Å². The summed E-state index contributed by atoms with van der Waals surface area (Å²) in [7, 11) is 0. The lowest BCUT2D eigenvalue weighted by atomic mass is 9.79. The van der Waals surface area contributed by atoms with E-state index in [0.29, 0.717) is 12.3 Å². The van der Waals surface area contributed by atoms with E-state index >= 15 is 0 Å². The minimum Gasteiger partial charge on any atom is -0.382 e. The summed E-state index contributed by atoms with van der Waals surface area (Å²) in [5.74, 6) is -2.26. The highest BCUT2D eigenvalue weighted by Crippen LogP contribution is 2.39. The van der Waals surface area contributed by atoms with Crippen molar-refractivity contribution in [2.45, 2.75) is 38.6 Å². The van der Waals surface area contributed by atoms with Crippen molar-refractivity contribution in [1.82, 2.24) is 34.7 Å². The Hall–Kier alpha value is -3.57. The number of hydrogen-bond donors (Lipinski definition) is 1. The van der Waals surface area contributed by atoms with Crippen LogP contribution in [0.2, 0.25) is 0 Å². The van der Waals surface area contributed by atoms with Gasteiger partial charge in [-0.1, -0.05) is 18.2 Å². The Bertz CT molecular complexity index is 1200. The zero-order valence-electron chi connectivity index (χ0n) is 18.1. The predicted molar refractivity (Wildman–Crippen MR) is 114 cm³/mol. The molecular formula is C22H23F2N7O2. The van der Waals surface area contributed by atoms with E-state index in [4.69, 9.17) is 4.74 Å². The van der Waals surface area contributed by atoms with Gasteiger partial charge in [-0.3, -0.25) is 4.98 Å². The van der Waals surface area contributed by atoms with Gasteiger partial charge in [0, 0.05) is 41.6 Å². The molecule has 0 aliphatic heterocycles. The molecule has 1 aromatic carbocycles. The van der Waals surface area contributed by atoms with Gasteiger partial charge in [-0.05, 0) is 25.1 Å². The third-order valence-electron chi connectivity index (χ3n) is 5.54. The maximum Gasteiger partial charge on any atom is 0.141 e. The molecule has 3 heterocycles. The van der Waals surface area contributed by atoms with Crippen LogP contribution in [0.15, 0.2) is 55.4 Å². The maximum atomic E-state index is 14.8. The molecule has 11 heteroatoms. The van der Waals surface area contributed by atoms with Crippen LogP contribution in [0.3, 0.4) is 0 Å². The Morgan fingerprint density at radius 3 is 2.70 bits per heavy atom. The molecule has 0 radical (unpaired) electrons. The lowest BCUT2D eigenvalue weighted by Crippen LogP contribution is -2.38. The number of rotatable bonds is 9. The number of pyridine rings is 1. The largest absolute Gasteiger partial charge is 0.382 e. The Labute approximate surface area is 188 Å². The van der Waals surface area contributed by atoms with Crippen LogP contribution >= 0.6 is 0 Å². The summed E-state index contributed by atoms with van der Waals surface area (Å²) in [4.78, 5) is 8.40. The van der Waals surface area contributed by atoms with Crippen molar-refractivity contribution in [1.29, 1.82) is 0 Å². The summed E-state index contributed by atoms with van der Waals surface area (Å²) < 4.78 is 36.7. The number of hydrogen-bond acceptors (Lipinski definition) is 7. The molecule has 172 valence electrons. The second kappa shape index (κ2) is 9.51. The smallest absolute Gasteiger partial charge is 0.141 e. The van der Waals surface area contributed by atoms with Gasteiger partial charge in [0.1, 0.15) is 36.6 Å². The molecule has 0 unspecified atom stereocenters. The summed E-state index contributed by atoms with van der Waals surface area (Å²) in [6.07, 6.45) is 5.97. The minimum absolute atomic E-state index is 0.0585. The number of nitrogens with zero attached hydrogens (tertiary/aromatic N) is 7. The second-order valence-electron chi connectivity index (χ2n) is 7.58. The zero-order valence-corrected chi connectivity index (χ0v) is 18.1. The lowest BCUT2D eigenvalue weighted by molar-refractivity contribution is -0.0123. The number of halogens is 2. The van der Waals surface area contributed by atoms with Crippen molar-refractivity contribution in [2.24, 2.45) is 0 Å². The van der Waals surface area contributed by atoms with Crippen LogP contribution in [-0.2, 0) is 23.6 Å². The Morgan fingerprint density at radius 2 is 2.03 bits per heavy atom. The van der Waals surface area contributed by atoms with Crippen LogP contribution in [0.25, 0.3) is 11.3 Å². The number of benzene rings is 1. The van der Waals surface area contributed by atoms with E-state index in [1.165, 1.54) is 23.4 Å². The molecule has 4 rings (SSSR count). The van der Waals surface area contributed by atoms with Gasteiger partial charge < -0.3 is 9.84 Å². The van der Waals surface area contributed by atoms with E-state index in [2.05, 4.69) is 25.4 Å². The highest BCUT2D eigenvalue weighted by Gasteiger charge is 2.40. The third kappa shape index (κ3) is 4.64. The van der Waals surface area contributed by atoms with Gasteiger partial charge >= 0.3 is 0 Å². The van der Waals surface area contributed by atoms with Gasteiger partial charge in [-0.25, -0.2) is 23.1 Å². The van der Waals surface area contributed by atoms with E-state index in [0.717, 1.165) is 23.4 Å². The monoisotopic (exact) mass is 455 g/mol. The van der Waals surface area contributed by atoms with E-state index < -0.39 is 23.2 Å². The molecule has 9 nitrogen and oxygen atoms in total. The molecular weight excluding hydrogens is 432 g/mol. The molecule has 1 N–H and O–H groups in total. The molecule has 0 saturated heterocycles. The van der Waals surface area contributed by atoms with Crippen molar-refractivity contribution >= 4 is 0 Å². The standard InChI is InChI=1S/C22H23F2N7O2/c1-3-33-14-31-21(10-27-29-31)16-4-7-20(26-9-16)15(2)22(32,11-30-13-25-12-28-30)18-6-5-17(23)8-19(18)24/h4-10,12-13,15,32H,3,11,14H2,1-2H3/t15-,22+/m0/s1. The highest BCUT2D eigenvalue weighted by molar-refractivity contribution is 5.57. The summed E-state index contributed by atoms with van der Waals surface area (Å²) in [6, 6.07) is 6.66. The summed E-state index contributed by atoms with van der Waals surface area (Å²) in [6.45, 7) is 4.30. The van der Waals surface area contributed by atoms with Crippen LogP contribution in [0.5, 0.6) is 0 Å². The van der Waals surface area contributed by atoms with Crippen molar-refractivity contribution in [3.05, 3.63) is 78.3 Å². The van der Waals surface area contributed by atoms with Gasteiger partial charge in [0.25, 0.3) is 0 Å². The van der Waals surface area contributed by atoms with Gasteiger partial charge in [0.05, 0.1) is 18.4 Å². The molecule has 0 amide bonds. The van der Waals surface area contributed by atoms with Crippen molar-refractivity contribution in [3.63, 3.8) is 0 Å². The van der Waals surface area contributed by atoms with E-state index in [9.17, 15) is 13.9 Å². The average Bonchev–Trinajstić information content (AvgIpc) is 3.49. The molecule has 0 aliphatic rings. The fraction of sp³-hybridized carbons (Fsp3) is 0.318. The number of aromatic nitrogens is 7. The molecule has 0 fully saturated rings. The van der Waals surface area contributed by atoms with Gasteiger partial charge in [-0.2, -0.15) is 5.10 Å². The third-order valence-corrected chi connectivity index (χ3v) is 5.54. The van der Waals surface area contributed by atoms with E-state index in [1.54, 1.807) is 30.1 Å². The van der Waals surface area contributed by atoms with E-state index in [-0.39, 0.29) is 18.8 Å². The fourth-order valence-corrected chi connectivity index (χ4v) is 3.67. The topological polar surface area (TPSA) is 104 Å². The highest BCUT2D eigenvalue weighted by atomic mass is 19.1. The normalized spacial score (nSPS) is 14.2. The van der Waals surface area contributed by atoms with Gasteiger partial charge in [-0.15, -0.1) is 5.10 Å². The molecule has 0 spiro atoms. The van der Waals surface area contributed by atoms with Crippen LogP contribution < -0.4 is 0 Å². The first kappa shape index (κ1) is 22.6. The first-order valence-electron chi connectivity index (χ1n) is 10.3. The van der Waals surface area contributed by atoms with Gasteiger partial charge in [0.15, 0.2) is 0 Å². The average molecular weight is 455 g/mol. The van der Waals surface area contributed by atoms with Crippen molar-refractivity contribution in [3.8, 4) is 11.3 Å². The predicted octanol–water partition coefficient (Wildman–Crippen LogP) is 2.90. The molecule has 0 aliphatic carbocycles. The first-order valence-corrected chi connectivity index (χ1v) is 10.3. The summed E-state index contributed by atoms with van der Waals surface area (Å²) >= 11 is 0. The first-order chi connectivity index (χ1) is 15.9. The zero-order chi connectivity index (χ0) is 23.4. The fourth-order valence-electron chi connectivity index (χ4n) is 3.67. The Morgan fingerprint density at radius 1 is 1.18 bits per heavy atom. The Balaban J connectivity index is 1.68. The molecule has 4 aromatic rings. The lowest BCUT2D eigenvalue weighted by Gasteiger charge is -2.34. The van der Waals surface area contributed by atoms with Crippen molar-refractivity contribution < 1.29 is 18.6 Å².